The third-order valence-corrected chi connectivity index (χ3v) is 16.0. The SMILES string of the molecule is CC1OC(OC2COC(OC3C(O)CC(OC4CCC5(C)C(C4)CC(O)C46OC47CCC(C4=CC(=O)OC4)C7(C)C(=O)CC56)OC3C)C(O)C2O)C(O)C(O)C1O. The number of Topliss-reactive ketones (excluding diaryl/α,β-unsaturated/α-hetero) is 1. The van der Waals surface area contributed by atoms with Gasteiger partial charge < -0.3 is 73.6 Å². The number of epoxide rings is 1. The molecule has 0 aromatic rings. The maximum Gasteiger partial charge on any atom is 0.331 e. The number of aliphatic hydroxyl groups is 7. The molecule has 17 nitrogen and oxygen atoms in total. The highest BCUT2D eigenvalue weighted by atomic mass is 16.7. The number of cyclic esters (lactones) is 1. The Labute approximate surface area is 330 Å². The number of rotatable bonds is 7. The molecule has 5 aliphatic heterocycles. The summed E-state index contributed by atoms with van der Waals surface area (Å²) in [5.74, 6) is -0.511. The maximum atomic E-state index is 14.3. The molecule has 2 spiro atoms. The molecule has 0 aromatic carbocycles. The van der Waals surface area contributed by atoms with Crippen LogP contribution in [0.1, 0.15) is 79.1 Å². The standard InChI is InChI=1S/C40H58O17/c1-16-29(45)31(47)33(49)36(53-16)55-23-15-51-35(32(48)30(23)46)56-34-17(2)52-28(12-22(34)41)54-20-5-7-37(3)19(10-20)11-26(43)40-24(37)13-25(42)38(4)21(6-8-39(38,40)57-40)18-9-27(44)50-14-18/h9,16-17,19-24,26,28-36,41,43,45-49H,5-8,10-15H2,1-4H3. The van der Waals surface area contributed by atoms with Gasteiger partial charge in [0.1, 0.15) is 66.3 Å². The Morgan fingerprint density at radius 1 is 0.789 bits per heavy atom. The summed E-state index contributed by atoms with van der Waals surface area (Å²) in [6.07, 6.45) is -11.0. The van der Waals surface area contributed by atoms with Crippen LogP contribution >= 0.6 is 0 Å². The van der Waals surface area contributed by atoms with Crippen LogP contribution in [0.2, 0.25) is 0 Å². The first kappa shape index (κ1) is 40.7. The second kappa shape index (κ2) is 14.2. The Morgan fingerprint density at radius 3 is 2.26 bits per heavy atom. The molecule has 4 aliphatic carbocycles. The summed E-state index contributed by atoms with van der Waals surface area (Å²) in [7, 11) is 0. The summed E-state index contributed by atoms with van der Waals surface area (Å²) < 4.78 is 47.4. The van der Waals surface area contributed by atoms with E-state index in [9.17, 15) is 45.3 Å². The van der Waals surface area contributed by atoms with Crippen molar-refractivity contribution in [1.82, 2.24) is 0 Å². The van der Waals surface area contributed by atoms with Crippen LogP contribution in [0.15, 0.2) is 11.6 Å². The molecular formula is C40H58O17. The van der Waals surface area contributed by atoms with E-state index >= 15 is 0 Å². The topological polar surface area (TPSA) is 253 Å². The highest BCUT2D eigenvalue weighted by Gasteiger charge is 2.91. The van der Waals surface area contributed by atoms with Crippen LogP contribution < -0.4 is 0 Å². The molecular weight excluding hydrogens is 752 g/mol. The number of hydrogen-bond acceptors (Lipinski definition) is 17. The van der Waals surface area contributed by atoms with Crippen molar-refractivity contribution in [2.75, 3.05) is 13.2 Å². The minimum Gasteiger partial charge on any atom is -0.458 e. The zero-order valence-electron chi connectivity index (χ0n) is 32.8. The molecule has 4 saturated carbocycles. The monoisotopic (exact) mass is 810 g/mol. The number of ether oxygens (including phenoxy) is 8. The van der Waals surface area contributed by atoms with E-state index in [0.29, 0.717) is 38.5 Å². The largest absolute Gasteiger partial charge is 0.458 e. The van der Waals surface area contributed by atoms with E-state index in [1.165, 1.54) is 13.0 Å². The fourth-order valence-electron chi connectivity index (χ4n) is 12.7. The van der Waals surface area contributed by atoms with Crippen LogP contribution in [0.5, 0.6) is 0 Å². The lowest BCUT2D eigenvalue weighted by atomic mass is 9.43. The van der Waals surface area contributed by atoms with E-state index in [1.54, 1.807) is 6.92 Å². The van der Waals surface area contributed by atoms with Crippen LogP contribution in [-0.2, 0) is 47.5 Å². The summed E-state index contributed by atoms with van der Waals surface area (Å²) in [5.41, 5.74) is -1.85. The third-order valence-electron chi connectivity index (χ3n) is 16.0. The molecule has 0 amide bonds. The van der Waals surface area contributed by atoms with Crippen molar-refractivity contribution in [2.24, 2.45) is 28.6 Å². The quantitative estimate of drug-likeness (QED) is 0.0936. The van der Waals surface area contributed by atoms with E-state index in [0.717, 1.165) is 12.0 Å². The molecule has 0 bridgehead atoms. The van der Waals surface area contributed by atoms with Crippen LogP contribution in [0.4, 0.5) is 0 Å². The first-order valence-electron chi connectivity index (χ1n) is 20.7. The van der Waals surface area contributed by atoms with Gasteiger partial charge in [-0.1, -0.05) is 6.92 Å². The van der Waals surface area contributed by atoms with Gasteiger partial charge >= 0.3 is 5.97 Å². The summed E-state index contributed by atoms with van der Waals surface area (Å²) in [6, 6.07) is 0. The first-order chi connectivity index (χ1) is 26.9. The van der Waals surface area contributed by atoms with Gasteiger partial charge in [-0.15, -0.1) is 0 Å². The Hall–Kier alpha value is -1.68. The highest BCUT2D eigenvalue weighted by molar-refractivity contribution is 5.92. The summed E-state index contributed by atoms with van der Waals surface area (Å²) in [4.78, 5) is 26.3. The number of aliphatic hydroxyl groups excluding tert-OH is 7. The van der Waals surface area contributed by atoms with E-state index in [2.05, 4.69) is 6.92 Å². The molecule has 5 heterocycles. The lowest BCUT2D eigenvalue weighted by molar-refractivity contribution is -0.354. The predicted octanol–water partition coefficient (Wildman–Crippen LogP) is -0.889. The van der Waals surface area contributed by atoms with Crippen LogP contribution in [0, 0.1) is 28.6 Å². The average molecular weight is 811 g/mol. The van der Waals surface area contributed by atoms with Crippen LogP contribution in [0.3, 0.4) is 0 Å². The Balaban J connectivity index is 0.797. The number of hydrogen-bond donors (Lipinski definition) is 7. The molecule has 9 rings (SSSR count). The Kier molecular flexibility index (Phi) is 10.1. The normalized spacial score (nSPS) is 57.2. The minimum atomic E-state index is -1.61. The number of carbonyl (C=O) groups is 2. The lowest BCUT2D eigenvalue weighted by Crippen LogP contribution is -2.66. The Bertz CT molecular complexity index is 1620. The van der Waals surface area contributed by atoms with Gasteiger partial charge in [-0.2, -0.15) is 0 Å². The zero-order valence-corrected chi connectivity index (χ0v) is 32.8. The second-order valence-electron chi connectivity index (χ2n) is 18.7. The molecule has 8 fully saturated rings. The van der Waals surface area contributed by atoms with Gasteiger partial charge in [0.15, 0.2) is 18.9 Å². The average Bonchev–Trinajstić information content (AvgIpc) is 3.52. The number of esters is 1. The van der Waals surface area contributed by atoms with Gasteiger partial charge in [-0.25, -0.2) is 4.79 Å². The zero-order chi connectivity index (χ0) is 40.6. The molecule has 320 valence electrons. The van der Waals surface area contributed by atoms with Crippen LogP contribution in [-0.4, -0.2) is 164 Å². The van der Waals surface area contributed by atoms with Gasteiger partial charge in [0.25, 0.3) is 0 Å². The van der Waals surface area contributed by atoms with Crippen molar-refractivity contribution in [3.63, 3.8) is 0 Å². The smallest absolute Gasteiger partial charge is 0.331 e. The van der Waals surface area contributed by atoms with E-state index in [4.69, 9.17) is 37.9 Å². The van der Waals surface area contributed by atoms with Crippen LogP contribution in [0.25, 0.3) is 0 Å². The van der Waals surface area contributed by atoms with Gasteiger partial charge in [0, 0.05) is 24.8 Å². The molecule has 57 heavy (non-hydrogen) atoms. The molecule has 0 aromatic heterocycles. The maximum absolute atomic E-state index is 14.3. The van der Waals surface area contributed by atoms with Crippen molar-refractivity contribution in [1.29, 1.82) is 0 Å². The van der Waals surface area contributed by atoms with Crippen molar-refractivity contribution >= 4 is 11.8 Å². The van der Waals surface area contributed by atoms with Gasteiger partial charge in [0.2, 0.25) is 0 Å². The van der Waals surface area contributed by atoms with E-state index < -0.39 is 103 Å². The molecule has 22 unspecified atom stereocenters. The molecule has 4 saturated heterocycles. The molecule has 22 atom stereocenters. The van der Waals surface area contributed by atoms with Crippen molar-refractivity contribution in [2.45, 2.75) is 182 Å². The van der Waals surface area contributed by atoms with Gasteiger partial charge in [-0.3, -0.25) is 4.79 Å². The summed E-state index contributed by atoms with van der Waals surface area (Å²) >= 11 is 0. The number of carbonyl (C=O) groups excluding carboxylic acids is 2. The fourth-order valence-corrected chi connectivity index (χ4v) is 12.7. The Morgan fingerprint density at radius 2 is 1.54 bits per heavy atom. The van der Waals surface area contributed by atoms with E-state index in [1.807, 2.05) is 6.92 Å². The third kappa shape index (κ3) is 5.93. The second-order valence-corrected chi connectivity index (χ2v) is 18.7. The lowest BCUT2D eigenvalue weighted by Gasteiger charge is -2.59. The predicted molar refractivity (Wildman–Crippen MR) is 189 cm³/mol. The molecule has 9 aliphatic rings. The van der Waals surface area contributed by atoms with Crippen molar-refractivity contribution in [3.8, 4) is 0 Å². The van der Waals surface area contributed by atoms with Gasteiger partial charge in [-0.05, 0) is 82.1 Å². The number of ketones is 1. The highest BCUT2D eigenvalue weighted by Crippen LogP contribution is 2.80. The summed E-state index contributed by atoms with van der Waals surface area (Å²) in [6.45, 7) is 7.33. The minimum absolute atomic E-state index is 0.0558. The molecule has 0 radical (unpaired) electrons. The molecule has 17 heteroatoms. The first-order valence-corrected chi connectivity index (χ1v) is 20.7. The van der Waals surface area contributed by atoms with Crippen molar-refractivity contribution in [3.05, 3.63) is 11.6 Å². The van der Waals surface area contributed by atoms with E-state index in [-0.39, 0.29) is 60.7 Å². The number of fused-ring (bicyclic) bond motifs is 2. The summed E-state index contributed by atoms with van der Waals surface area (Å²) in [5, 5.41) is 75.3. The fraction of sp³-hybridized carbons (Fsp3) is 0.900. The molecule has 7 N–H and O–H groups in total. The van der Waals surface area contributed by atoms with Crippen molar-refractivity contribution < 1.29 is 83.2 Å². The van der Waals surface area contributed by atoms with Gasteiger partial charge in [0.05, 0.1) is 42.5 Å².